The first-order valence-corrected chi connectivity index (χ1v) is 10.8. The van der Waals surface area contributed by atoms with Crippen LogP contribution in [0.3, 0.4) is 0 Å². The highest BCUT2D eigenvalue weighted by molar-refractivity contribution is 7.90. The molecule has 3 aromatic rings. The molecule has 0 aliphatic carbocycles. The van der Waals surface area contributed by atoms with Gasteiger partial charge in [-0.1, -0.05) is 30.3 Å². The Morgan fingerprint density at radius 1 is 1.04 bits per heavy atom. The second-order valence-corrected chi connectivity index (χ2v) is 9.09. The summed E-state index contributed by atoms with van der Waals surface area (Å²) < 4.78 is 26.0. The number of rotatable bonds is 5. The van der Waals surface area contributed by atoms with Crippen LogP contribution in [0.5, 0.6) is 0 Å². The number of carbonyl (C=O) groups excluding carboxylic acids is 1. The molecule has 2 aromatic carbocycles. The quantitative estimate of drug-likeness (QED) is 0.663. The molecule has 1 aromatic heterocycles. The Kier molecular flexibility index (Phi) is 5.42. The van der Waals surface area contributed by atoms with Gasteiger partial charge in [-0.2, -0.15) is 0 Å². The van der Waals surface area contributed by atoms with E-state index in [2.05, 4.69) is 0 Å². The Bertz CT molecular complexity index is 1110. The number of benzene rings is 2. The third-order valence-electron chi connectivity index (χ3n) is 4.82. The minimum Gasteiger partial charge on any atom is -0.349 e. The van der Waals surface area contributed by atoms with Crippen LogP contribution in [0.15, 0.2) is 65.7 Å². The van der Waals surface area contributed by atoms with Crippen molar-refractivity contribution in [1.82, 2.24) is 9.47 Å². The monoisotopic (exact) mass is 396 g/mol. The molecule has 0 bridgehead atoms. The summed E-state index contributed by atoms with van der Waals surface area (Å²) >= 11 is 0. The molecule has 0 unspecified atom stereocenters. The number of aromatic nitrogens is 1. The van der Waals surface area contributed by atoms with Crippen LogP contribution in [0.4, 0.5) is 0 Å². The molecule has 0 saturated carbocycles. The maximum atomic E-state index is 12.4. The lowest BCUT2D eigenvalue weighted by molar-refractivity contribution is -0.127. The number of sulfone groups is 1. The van der Waals surface area contributed by atoms with E-state index in [1.807, 2.05) is 54.1 Å². The zero-order valence-electron chi connectivity index (χ0n) is 16.5. The standard InChI is InChI=1S/C22H24N2O3S/c1-16-20(14-22(25)23(2)3)21(15-24(16)18-10-6-5-7-11-18)17-9-8-12-19(13-17)28(4,26)27/h5-13,15H,14H2,1-4H3. The van der Waals surface area contributed by atoms with E-state index in [9.17, 15) is 13.2 Å². The van der Waals surface area contributed by atoms with Crippen molar-refractivity contribution in [2.45, 2.75) is 18.2 Å². The summed E-state index contributed by atoms with van der Waals surface area (Å²) in [5.74, 6) is -0.00516. The average Bonchev–Trinajstić information content (AvgIpc) is 2.98. The Morgan fingerprint density at radius 3 is 2.32 bits per heavy atom. The zero-order chi connectivity index (χ0) is 20.5. The fourth-order valence-corrected chi connectivity index (χ4v) is 3.84. The van der Waals surface area contributed by atoms with Gasteiger partial charge in [0, 0.05) is 43.5 Å². The number of hydrogen-bond acceptors (Lipinski definition) is 3. The molecule has 0 atom stereocenters. The molecule has 0 saturated heterocycles. The van der Waals surface area contributed by atoms with Crippen molar-refractivity contribution < 1.29 is 13.2 Å². The summed E-state index contributed by atoms with van der Waals surface area (Å²) in [5, 5.41) is 0. The molecule has 3 rings (SSSR count). The second kappa shape index (κ2) is 7.64. The van der Waals surface area contributed by atoms with Crippen molar-refractivity contribution in [3.8, 4) is 16.8 Å². The molecule has 0 N–H and O–H groups in total. The van der Waals surface area contributed by atoms with E-state index in [1.165, 1.54) is 6.26 Å². The molecule has 1 heterocycles. The molecule has 146 valence electrons. The zero-order valence-corrected chi connectivity index (χ0v) is 17.3. The van der Waals surface area contributed by atoms with Crippen LogP contribution in [-0.2, 0) is 21.1 Å². The normalized spacial score (nSPS) is 11.4. The smallest absolute Gasteiger partial charge is 0.226 e. The predicted octanol–water partition coefficient (Wildman–Crippen LogP) is 3.49. The molecule has 5 nitrogen and oxygen atoms in total. The van der Waals surface area contributed by atoms with Gasteiger partial charge in [-0.25, -0.2) is 8.42 Å². The van der Waals surface area contributed by atoms with Crippen LogP contribution in [0.1, 0.15) is 11.3 Å². The first-order valence-electron chi connectivity index (χ1n) is 8.95. The summed E-state index contributed by atoms with van der Waals surface area (Å²) in [6.07, 6.45) is 3.42. The fraction of sp³-hybridized carbons (Fsp3) is 0.227. The summed E-state index contributed by atoms with van der Waals surface area (Å²) in [6, 6.07) is 16.7. The van der Waals surface area contributed by atoms with Gasteiger partial charge in [0.2, 0.25) is 5.91 Å². The summed E-state index contributed by atoms with van der Waals surface area (Å²) in [4.78, 5) is 14.3. The van der Waals surface area contributed by atoms with E-state index in [4.69, 9.17) is 0 Å². The lowest BCUT2D eigenvalue weighted by Crippen LogP contribution is -2.23. The van der Waals surface area contributed by atoms with Crippen molar-refractivity contribution in [3.63, 3.8) is 0 Å². The maximum absolute atomic E-state index is 12.4. The van der Waals surface area contributed by atoms with Gasteiger partial charge in [0.15, 0.2) is 9.84 Å². The molecule has 28 heavy (non-hydrogen) atoms. The third kappa shape index (κ3) is 4.02. The van der Waals surface area contributed by atoms with Crippen LogP contribution in [0.2, 0.25) is 0 Å². The van der Waals surface area contributed by atoms with E-state index in [0.29, 0.717) is 0 Å². The molecular formula is C22H24N2O3S. The number of likely N-dealkylation sites (N-methyl/N-ethyl adjacent to an activating group) is 1. The number of carbonyl (C=O) groups is 1. The predicted molar refractivity (Wildman–Crippen MR) is 111 cm³/mol. The van der Waals surface area contributed by atoms with Gasteiger partial charge < -0.3 is 9.47 Å². The van der Waals surface area contributed by atoms with E-state index in [-0.39, 0.29) is 17.2 Å². The van der Waals surface area contributed by atoms with E-state index in [0.717, 1.165) is 28.1 Å². The minimum absolute atomic E-state index is 0.00516. The lowest BCUT2D eigenvalue weighted by Gasteiger charge is -2.12. The molecule has 0 fully saturated rings. The average molecular weight is 397 g/mol. The van der Waals surface area contributed by atoms with Crippen molar-refractivity contribution in [2.75, 3.05) is 20.4 Å². The topological polar surface area (TPSA) is 59.4 Å². The Hall–Kier alpha value is -2.86. The highest BCUT2D eigenvalue weighted by atomic mass is 32.2. The van der Waals surface area contributed by atoms with Crippen LogP contribution >= 0.6 is 0 Å². The van der Waals surface area contributed by atoms with Gasteiger partial charge in [0.25, 0.3) is 0 Å². The molecule has 0 aliphatic rings. The third-order valence-corrected chi connectivity index (χ3v) is 5.93. The van der Waals surface area contributed by atoms with Crippen LogP contribution < -0.4 is 0 Å². The van der Waals surface area contributed by atoms with Gasteiger partial charge in [0.05, 0.1) is 11.3 Å². The molecule has 6 heteroatoms. The number of nitrogens with zero attached hydrogens (tertiary/aromatic N) is 2. The van der Waals surface area contributed by atoms with Gasteiger partial charge in [0.1, 0.15) is 0 Å². The molecular weight excluding hydrogens is 372 g/mol. The fourth-order valence-electron chi connectivity index (χ4n) is 3.18. The number of amides is 1. The molecule has 1 amide bonds. The Labute approximate surface area is 166 Å². The van der Waals surface area contributed by atoms with E-state index >= 15 is 0 Å². The van der Waals surface area contributed by atoms with Crippen LogP contribution in [0.25, 0.3) is 16.8 Å². The summed E-state index contributed by atoms with van der Waals surface area (Å²) in [6.45, 7) is 1.98. The minimum atomic E-state index is -3.32. The van der Waals surface area contributed by atoms with Crippen molar-refractivity contribution in [3.05, 3.63) is 72.1 Å². The van der Waals surface area contributed by atoms with Gasteiger partial charge >= 0.3 is 0 Å². The first kappa shape index (κ1) is 19.9. The Balaban J connectivity index is 2.21. The Morgan fingerprint density at radius 2 is 1.71 bits per heavy atom. The molecule has 0 radical (unpaired) electrons. The molecule has 0 spiro atoms. The van der Waals surface area contributed by atoms with Gasteiger partial charge in [-0.05, 0) is 42.3 Å². The second-order valence-electron chi connectivity index (χ2n) is 7.08. The largest absolute Gasteiger partial charge is 0.349 e. The van der Waals surface area contributed by atoms with Crippen LogP contribution in [-0.4, -0.2) is 44.1 Å². The van der Waals surface area contributed by atoms with E-state index < -0.39 is 9.84 Å². The van der Waals surface area contributed by atoms with Crippen molar-refractivity contribution in [1.29, 1.82) is 0 Å². The summed E-state index contributed by atoms with van der Waals surface area (Å²) in [7, 11) is 0.144. The first-order chi connectivity index (χ1) is 13.2. The van der Waals surface area contributed by atoms with Crippen molar-refractivity contribution >= 4 is 15.7 Å². The van der Waals surface area contributed by atoms with Gasteiger partial charge in [-0.15, -0.1) is 0 Å². The maximum Gasteiger partial charge on any atom is 0.226 e. The van der Waals surface area contributed by atoms with Gasteiger partial charge in [-0.3, -0.25) is 4.79 Å². The SMILES string of the molecule is Cc1c(CC(=O)N(C)C)c(-c2cccc(S(C)(=O)=O)c2)cn1-c1ccccc1. The molecule has 0 aliphatic heterocycles. The lowest BCUT2D eigenvalue weighted by atomic mass is 10.0. The van der Waals surface area contributed by atoms with Crippen molar-refractivity contribution in [2.24, 2.45) is 0 Å². The highest BCUT2D eigenvalue weighted by Gasteiger charge is 2.19. The van der Waals surface area contributed by atoms with Crippen LogP contribution in [0, 0.1) is 6.92 Å². The highest BCUT2D eigenvalue weighted by Crippen LogP contribution is 2.32. The van der Waals surface area contributed by atoms with E-state index in [1.54, 1.807) is 37.2 Å². The number of hydrogen-bond donors (Lipinski definition) is 0. The number of para-hydroxylation sites is 1. The summed E-state index contributed by atoms with van der Waals surface area (Å²) in [5.41, 5.74) is 4.49.